The van der Waals surface area contributed by atoms with Crippen LogP contribution in [0.15, 0.2) is 36.5 Å². The molecule has 0 unspecified atom stereocenters. The van der Waals surface area contributed by atoms with Gasteiger partial charge in [-0.1, -0.05) is 45.4 Å². The van der Waals surface area contributed by atoms with Crippen LogP contribution in [0.1, 0.15) is 44.9 Å². The average molecular weight is 365 g/mol. The molecular weight excluding hydrogens is 342 g/mol. The Morgan fingerprint density at radius 3 is 2.40 bits per heavy atom. The van der Waals surface area contributed by atoms with Crippen LogP contribution in [-0.4, -0.2) is 16.4 Å². The fourth-order valence-corrected chi connectivity index (χ4v) is 2.83. The molecule has 2 heterocycles. The summed E-state index contributed by atoms with van der Waals surface area (Å²) in [5.74, 6) is 0.399. The number of nitrogens with zero attached hydrogens (tertiary/aromatic N) is 1. The second kappa shape index (κ2) is 8.43. The van der Waals surface area contributed by atoms with Crippen molar-refractivity contribution in [2.75, 3.05) is 0 Å². The number of fused-ring (bicyclic) bond motifs is 1. The van der Waals surface area contributed by atoms with Crippen molar-refractivity contribution in [2.45, 2.75) is 46.5 Å². The van der Waals surface area contributed by atoms with Crippen molar-refractivity contribution in [3.8, 4) is 11.3 Å². The minimum Gasteiger partial charge on any atom is -0.358 e. The van der Waals surface area contributed by atoms with Crippen LogP contribution in [-0.2, 0) is 6.42 Å². The standard InChI is InChI=1S/C18H17ClF2N2.C2H6/c1-10(2)16-7-12-6-14(19)13(8-17(12)23-16)15-4-3-11(9-22-15)5-18(20)21;1-2/h3-4,6-10,18,23H,5H2,1-2H3;1-2H3. The van der Waals surface area contributed by atoms with Crippen LogP contribution in [0.3, 0.4) is 0 Å². The van der Waals surface area contributed by atoms with Crippen LogP contribution in [0.4, 0.5) is 8.78 Å². The van der Waals surface area contributed by atoms with Gasteiger partial charge in [0, 0.05) is 34.8 Å². The largest absolute Gasteiger partial charge is 0.358 e. The van der Waals surface area contributed by atoms with Crippen LogP contribution >= 0.6 is 11.6 Å². The SMILES string of the molecule is CC.CC(C)c1cc2cc(Cl)c(-c3ccc(CC(F)F)cn3)cc2[nH]1. The monoisotopic (exact) mass is 364 g/mol. The number of alkyl halides is 2. The highest BCUT2D eigenvalue weighted by Crippen LogP contribution is 2.32. The zero-order valence-corrected chi connectivity index (χ0v) is 15.7. The lowest BCUT2D eigenvalue weighted by Gasteiger charge is -2.06. The molecule has 25 heavy (non-hydrogen) atoms. The molecule has 134 valence electrons. The van der Waals surface area contributed by atoms with Gasteiger partial charge in [0.2, 0.25) is 6.43 Å². The Morgan fingerprint density at radius 1 is 1.12 bits per heavy atom. The third kappa shape index (κ3) is 4.57. The Labute approximate surface area is 152 Å². The summed E-state index contributed by atoms with van der Waals surface area (Å²) in [6.45, 7) is 8.24. The lowest BCUT2D eigenvalue weighted by molar-refractivity contribution is 0.149. The Morgan fingerprint density at radius 2 is 1.84 bits per heavy atom. The first-order valence-electron chi connectivity index (χ1n) is 8.49. The molecule has 0 spiro atoms. The minimum atomic E-state index is -2.36. The summed E-state index contributed by atoms with van der Waals surface area (Å²) in [7, 11) is 0. The van der Waals surface area contributed by atoms with Gasteiger partial charge in [-0.25, -0.2) is 8.78 Å². The molecule has 0 aliphatic heterocycles. The number of aromatic amines is 1. The van der Waals surface area contributed by atoms with Crippen LogP contribution in [0.2, 0.25) is 5.02 Å². The maximum Gasteiger partial charge on any atom is 0.242 e. The summed E-state index contributed by atoms with van der Waals surface area (Å²) in [4.78, 5) is 7.66. The Bertz CT molecular complexity index is 824. The third-order valence-electron chi connectivity index (χ3n) is 3.84. The predicted octanol–water partition coefficient (Wildman–Crippen LogP) is 6.84. The quantitative estimate of drug-likeness (QED) is 0.539. The summed E-state index contributed by atoms with van der Waals surface area (Å²) in [6, 6.07) is 9.36. The molecule has 1 N–H and O–H groups in total. The van der Waals surface area contributed by atoms with E-state index in [1.165, 1.54) is 6.20 Å². The smallest absolute Gasteiger partial charge is 0.242 e. The number of H-pyrrole nitrogens is 1. The molecule has 0 fully saturated rings. The van der Waals surface area contributed by atoms with Gasteiger partial charge in [-0.3, -0.25) is 4.98 Å². The van der Waals surface area contributed by atoms with Gasteiger partial charge in [-0.05, 0) is 35.7 Å². The van der Waals surface area contributed by atoms with E-state index in [0.717, 1.165) is 22.2 Å². The second-order valence-corrected chi connectivity index (χ2v) is 6.35. The van der Waals surface area contributed by atoms with Gasteiger partial charge < -0.3 is 4.98 Å². The summed E-state index contributed by atoms with van der Waals surface area (Å²) >= 11 is 6.38. The van der Waals surface area contributed by atoms with Gasteiger partial charge in [0.1, 0.15) is 0 Å². The number of aromatic nitrogens is 2. The Balaban J connectivity index is 0.00000109. The van der Waals surface area contributed by atoms with E-state index >= 15 is 0 Å². The number of halogens is 3. The van der Waals surface area contributed by atoms with Crippen LogP contribution in [0.5, 0.6) is 0 Å². The van der Waals surface area contributed by atoms with E-state index in [0.29, 0.717) is 22.2 Å². The summed E-state index contributed by atoms with van der Waals surface area (Å²) in [5.41, 5.74) is 4.12. The first-order chi connectivity index (χ1) is 11.9. The number of hydrogen-bond acceptors (Lipinski definition) is 1. The van der Waals surface area contributed by atoms with Crippen molar-refractivity contribution in [3.05, 3.63) is 52.8 Å². The van der Waals surface area contributed by atoms with E-state index in [1.807, 2.05) is 26.0 Å². The molecule has 0 amide bonds. The molecule has 1 aromatic carbocycles. The van der Waals surface area contributed by atoms with E-state index in [-0.39, 0.29) is 6.42 Å². The molecule has 0 saturated carbocycles. The van der Waals surface area contributed by atoms with E-state index in [2.05, 4.69) is 29.9 Å². The number of rotatable bonds is 4. The van der Waals surface area contributed by atoms with E-state index in [1.54, 1.807) is 12.1 Å². The summed E-state index contributed by atoms with van der Waals surface area (Å²) in [6.07, 6.45) is -1.17. The number of hydrogen-bond donors (Lipinski definition) is 1. The molecule has 0 saturated heterocycles. The van der Waals surface area contributed by atoms with Crippen LogP contribution in [0, 0.1) is 0 Å². The number of pyridine rings is 1. The third-order valence-corrected chi connectivity index (χ3v) is 4.15. The zero-order valence-electron chi connectivity index (χ0n) is 14.9. The fraction of sp³-hybridized carbons (Fsp3) is 0.350. The number of benzene rings is 1. The molecular formula is C20H23ClF2N2. The summed E-state index contributed by atoms with van der Waals surface area (Å²) in [5, 5.41) is 1.65. The second-order valence-electron chi connectivity index (χ2n) is 5.95. The minimum absolute atomic E-state index is 0.283. The van der Waals surface area contributed by atoms with E-state index in [9.17, 15) is 8.78 Å². The molecule has 0 bridgehead atoms. The molecule has 0 aliphatic carbocycles. The first-order valence-corrected chi connectivity index (χ1v) is 8.87. The lowest BCUT2D eigenvalue weighted by Crippen LogP contribution is -1.97. The lowest BCUT2D eigenvalue weighted by atomic mass is 10.1. The normalized spacial score (nSPS) is 11.1. The number of nitrogens with one attached hydrogen (secondary N) is 1. The van der Waals surface area contributed by atoms with Crippen LogP contribution < -0.4 is 0 Å². The molecule has 0 radical (unpaired) electrons. The van der Waals surface area contributed by atoms with Crippen molar-refractivity contribution in [1.29, 1.82) is 0 Å². The maximum atomic E-state index is 12.4. The summed E-state index contributed by atoms with van der Waals surface area (Å²) < 4.78 is 24.8. The van der Waals surface area contributed by atoms with Crippen molar-refractivity contribution >= 4 is 22.5 Å². The first kappa shape index (κ1) is 19.4. The predicted molar refractivity (Wildman–Crippen MR) is 102 cm³/mol. The highest BCUT2D eigenvalue weighted by atomic mass is 35.5. The fourth-order valence-electron chi connectivity index (χ4n) is 2.57. The zero-order chi connectivity index (χ0) is 18.6. The maximum absolute atomic E-state index is 12.4. The molecule has 2 aromatic heterocycles. The topological polar surface area (TPSA) is 28.7 Å². The van der Waals surface area contributed by atoms with Crippen molar-refractivity contribution in [2.24, 2.45) is 0 Å². The van der Waals surface area contributed by atoms with E-state index in [4.69, 9.17) is 11.6 Å². The van der Waals surface area contributed by atoms with Gasteiger partial charge in [-0.15, -0.1) is 0 Å². The highest BCUT2D eigenvalue weighted by molar-refractivity contribution is 6.34. The molecule has 3 rings (SSSR count). The highest BCUT2D eigenvalue weighted by Gasteiger charge is 2.11. The van der Waals surface area contributed by atoms with Gasteiger partial charge in [0.15, 0.2) is 0 Å². The van der Waals surface area contributed by atoms with Gasteiger partial charge >= 0.3 is 0 Å². The average Bonchev–Trinajstić information content (AvgIpc) is 2.99. The molecule has 3 aromatic rings. The van der Waals surface area contributed by atoms with Crippen molar-refractivity contribution < 1.29 is 8.78 Å². The van der Waals surface area contributed by atoms with E-state index < -0.39 is 6.43 Å². The molecule has 5 heteroatoms. The van der Waals surface area contributed by atoms with Gasteiger partial charge in [-0.2, -0.15) is 0 Å². The Kier molecular flexibility index (Phi) is 6.54. The van der Waals surface area contributed by atoms with Crippen molar-refractivity contribution in [3.63, 3.8) is 0 Å². The Hall–Kier alpha value is -1.94. The van der Waals surface area contributed by atoms with Crippen molar-refractivity contribution in [1.82, 2.24) is 9.97 Å². The molecule has 0 aliphatic rings. The van der Waals surface area contributed by atoms with Gasteiger partial charge in [0.25, 0.3) is 0 Å². The van der Waals surface area contributed by atoms with Crippen LogP contribution in [0.25, 0.3) is 22.2 Å². The molecule has 0 atom stereocenters. The molecule has 2 nitrogen and oxygen atoms in total. The van der Waals surface area contributed by atoms with Gasteiger partial charge in [0.05, 0.1) is 10.7 Å².